The minimum atomic E-state index is -4.14. The lowest BCUT2D eigenvalue weighted by Crippen LogP contribution is -2.36. The van der Waals surface area contributed by atoms with Gasteiger partial charge >= 0.3 is 6.18 Å². The van der Waals surface area contributed by atoms with E-state index >= 15 is 0 Å². The summed E-state index contributed by atoms with van der Waals surface area (Å²) in [6, 6.07) is 0. The summed E-state index contributed by atoms with van der Waals surface area (Å²) in [7, 11) is 0. The van der Waals surface area contributed by atoms with E-state index < -0.39 is 18.0 Å². The average Bonchev–Trinajstić information content (AvgIpc) is 1.99. The first-order chi connectivity index (χ1) is 6.80. The monoisotopic (exact) mass is 222 g/mol. The first-order valence-corrected chi connectivity index (χ1v) is 5.39. The molecular weight excluding hydrogens is 205 g/mol. The van der Waals surface area contributed by atoms with Gasteiger partial charge in [0.15, 0.2) is 0 Å². The smallest absolute Gasteiger partial charge is 0.300 e. The first-order valence-electron chi connectivity index (χ1n) is 5.39. The van der Waals surface area contributed by atoms with E-state index in [0.29, 0.717) is 6.42 Å². The average molecular weight is 222 g/mol. The molecule has 88 valence electrons. The molecule has 1 rings (SSSR count). The molecule has 2 atom stereocenters. The Morgan fingerprint density at radius 1 is 1.40 bits per heavy atom. The lowest BCUT2D eigenvalue weighted by atomic mass is 9.74. The van der Waals surface area contributed by atoms with Crippen molar-refractivity contribution in [2.24, 2.45) is 17.8 Å². The molecule has 15 heavy (non-hydrogen) atoms. The molecule has 1 nitrogen and oxygen atoms in total. The van der Waals surface area contributed by atoms with Gasteiger partial charge in [-0.15, -0.1) is 0 Å². The molecule has 0 aromatic rings. The van der Waals surface area contributed by atoms with Crippen LogP contribution in [0.2, 0.25) is 0 Å². The minimum Gasteiger partial charge on any atom is -0.300 e. The molecule has 4 heteroatoms. The zero-order valence-corrected chi connectivity index (χ0v) is 9.10. The van der Waals surface area contributed by atoms with E-state index in [0.717, 1.165) is 0 Å². The largest absolute Gasteiger partial charge is 0.392 e. The van der Waals surface area contributed by atoms with E-state index in [-0.39, 0.29) is 31.0 Å². The third kappa shape index (κ3) is 3.50. The summed E-state index contributed by atoms with van der Waals surface area (Å²) in [4.78, 5) is 11.2. The van der Waals surface area contributed by atoms with Crippen molar-refractivity contribution >= 4 is 5.78 Å². The van der Waals surface area contributed by atoms with Crippen molar-refractivity contribution in [1.29, 1.82) is 0 Å². The maximum absolute atomic E-state index is 12.7. The quantitative estimate of drug-likeness (QED) is 0.698. The Hall–Kier alpha value is -0.540. The van der Waals surface area contributed by atoms with E-state index in [1.165, 1.54) is 0 Å². The van der Waals surface area contributed by atoms with Gasteiger partial charge in [-0.25, -0.2) is 0 Å². The molecule has 0 bridgehead atoms. The van der Waals surface area contributed by atoms with Crippen molar-refractivity contribution in [2.45, 2.75) is 45.7 Å². The molecule has 1 saturated carbocycles. The molecule has 0 aromatic carbocycles. The topological polar surface area (TPSA) is 17.1 Å². The molecule has 0 amide bonds. The second kappa shape index (κ2) is 4.54. The van der Waals surface area contributed by atoms with Crippen LogP contribution in [0.15, 0.2) is 0 Å². The Bertz CT molecular complexity index is 232. The summed E-state index contributed by atoms with van der Waals surface area (Å²) in [5.41, 5.74) is 0. The SMILES string of the molecule is CC(C)CC1CC(=O)CCC1C(F)(F)F. The second-order valence-electron chi connectivity index (χ2n) is 4.82. The van der Waals surface area contributed by atoms with Crippen LogP contribution in [0, 0.1) is 17.8 Å². The zero-order valence-electron chi connectivity index (χ0n) is 9.10. The lowest BCUT2D eigenvalue weighted by Gasteiger charge is -2.33. The Labute approximate surface area is 88.0 Å². The number of Topliss-reactive ketones (excluding diaryl/α,β-unsaturated/α-hetero) is 1. The van der Waals surface area contributed by atoms with Crippen LogP contribution in [0.1, 0.15) is 39.5 Å². The Morgan fingerprint density at radius 2 is 2.00 bits per heavy atom. The normalized spacial score (nSPS) is 28.5. The van der Waals surface area contributed by atoms with Crippen molar-refractivity contribution < 1.29 is 18.0 Å². The van der Waals surface area contributed by atoms with Crippen LogP contribution in [-0.2, 0) is 4.79 Å². The Morgan fingerprint density at radius 3 is 2.47 bits per heavy atom. The highest BCUT2D eigenvalue weighted by molar-refractivity contribution is 5.79. The third-order valence-corrected chi connectivity index (χ3v) is 2.99. The summed E-state index contributed by atoms with van der Waals surface area (Å²) >= 11 is 0. The molecule has 0 saturated heterocycles. The van der Waals surface area contributed by atoms with Gasteiger partial charge in [0.25, 0.3) is 0 Å². The van der Waals surface area contributed by atoms with Crippen LogP contribution in [0.25, 0.3) is 0 Å². The maximum Gasteiger partial charge on any atom is 0.392 e. The van der Waals surface area contributed by atoms with E-state index in [1.807, 2.05) is 13.8 Å². The Kier molecular flexibility index (Phi) is 3.79. The highest BCUT2D eigenvalue weighted by Gasteiger charge is 2.46. The molecule has 1 aliphatic rings. The van der Waals surface area contributed by atoms with Gasteiger partial charge in [-0.1, -0.05) is 13.8 Å². The second-order valence-corrected chi connectivity index (χ2v) is 4.82. The van der Waals surface area contributed by atoms with Gasteiger partial charge in [-0.05, 0) is 24.7 Å². The number of ketones is 1. The number of rotatable bonds is 2. The van der Waals surface area contributed by atoms with Gasteiger partial charge in [0.05, 0.1) is 5.92 Å². The number of hydrogen-bond donors (Lipinski definition) is 0. The molecule has 2 unspecified atom stereocenters. The van der Waals surface area contributed by atoms with Crippen LogP contribution >= 0.6 is 0 Å². The Balaban J connectivity index is 2.70. The van der Waals surface area contributed by atoms with Crippen LogP contribution in [0.3, 0.4) is 0 Å². The molecule has 1 aliphatic carbocycles. The number of carbonyl (C=O) groups excluding carboxylic acids is 1. The van der Waals surface area contributed by atoms with Crippen molar-refractivity contribution in [2.75, 3.05) is 0 Å². The molecular formula is C11H17F3O. The van der Waals surface area contributed by atoms with Gasteiger partial charge in [0.2, 0.25) is 0 Å². The van der Waals surface area contributed by atoms with E-state index in [2.05, 4.69) is 0 Å². The number of carbonyl (C=O) groups is 1. The summed E-state index contributed by atoms with van der Waals surface area (Å²) in [5.74, 6) is -1.56. The highest BCUT2D eigenvalue weighted by atomic mass is 19.4. The molecule has 0 aromatic heterocycles. The van der Waals surface area contributed by atoms with Crippen LogP contribution < -0.4 is 0 Å². The fraction of sp³-hybridized carbons (Fsp3) is 0.909. The van der Waals surface area contributed by atoms with Crippen molar-refractivity contribution in [3.8, 4) is 0 Å². The molecule has 1 fully saturated rings. The minimum absolute atomic E-state index is 0.0128. The van der Waals surface area contributed by atoms with E-state index in [4.69, 9.17) is 0 Å². The van der Waals surface area contributed by atoms with Gasteiger partial charge in [-0.3, -0.25) is 4.79 Å². The van der Waals surface area contributed by atoms with E-state index in [9.17, 15) is 18.0 Å². The molecule has 0 heterocycles. The van der Waals surface area contributed by atoms with Crippen molar-refractivity contribution in [3.05, 3.63) is 0 Å². The van der Waals surface area contributed by atoms with Crippen LogP contribution in [0.5, 0.6) is 0 Å². The zero-order chi connectivity index (χ0) is 11.6. The van der Waals surface area contributed by atoms with Gasteiger partial charge in [0.1, 0.15) is 5.78 Å². The lowest BCUT2D eigenvalue weighted by molar-refractivity contribution is -0.197. The summed E-state index contributed by atoms with van der Waals surface area (Å²) < 4.78 is 38.0. The maximum atomic E-state index is 12.7. The number of halogens is 3. The van der Waals surface area contributed by atoms with Crippen LogP contribution in [0.4, 0.5) is 13.2 Å². The van der Waals surface area contributed by atoms with Crippen LogP contribution in [-0.4, -0.2) is 12.0 Å². The van der Waals surface area contributed by atoms with Gasteiger partial charge < -0.3 is 0 Å². The molecule has 0 aliphatic heterocycles. The fourth-order valence-electron chi connectivity index (χ4n) is 2.37. The van der Waals surface area contributed by atoms with E-state index in [1.54, 1.807) is 0 Å². The molecule has 0 spiro atoms. The third-order valence-electron chi connectivity index (χ3n) is 2.99. The number of hydrogen-bond acceptors (Lipinski definition) is 1. The van der Waals surface area contributed by atoms with Crippen molar-refractivity contribution in [3.63, 3.8) is 0 Å². The summed E-state index contributed by atoms with van der Waals surface area (Å²) in [6.45, 7) is 3.79. The highest BCUT2D eigenvalue weighted by Crippen LogP contribution is 2.42. The molecule has 0 radical (unpaired) electrons. The predicted molar refractivity (Wildman–Crippen MR) is 51.3 cm³/mol. The predicted octanol–water partition coefficient (Wildman–Crippen LogP) is 3.58. The molecule has 0 N–H and O–H groups in total. The van der Waals surface area contributed by atoms with Gasteiger partial charge in [-0.2, -0.15) is 13.2 Å². The van der Waals surface area contributed by atoms with Gasteiger partial charge in [0, 0.05) is 12.8 Å². The fourth-order valence-corrected chi connectivity index (χ4v) is 2.37. The van der Waals surface area contributed by atoms with Crippen molar-refractivity contribution in [1.82, 2.24) is 0 Å². The summed E-state index contributed by atoms with van der Waals surface area (Å²) in [6.07, 6.45) is -3.45. The summed E-state index contributed by atoms with van der Waals surface area (Å²) in [5, 5.41) is 0. The standard InChI is InChI=1S/C11H17F3O/c1-7(2)5-8-6-9(15)3-4-10(8)11(12,13)14/h7-8,10H,3-6H2,1-2H3. The number of alkyl halides is 3. The first kappa shape index (κ1) is 12.5.